The summed E-state index contributed by atoms with van der Waals surface area (Å²) in [7, 11) is 1.83. The summed E-state index contributed by atoms with van der Waals surface area (Å²) in [6.07, 6.45) is 3.13. The number of hydrogen-bond donors (Lipinski definition) is 2. The normalized spacial score (nSPS) is 16.5. The van der Waals surface area contributed by atoms with Gasteiger partial charge in [-0.3, -0.25) is 10.1 Å². The summed E-state index contributed by atoms with van der Waals surface area (Å²) in [5.74, 6) is 2.06. The zero-order valence-corrected chi connectivity index (χ0v) is 16.8. The van der Waals surface area contributed by atoms with Gasteiger partial charge in [0.25, 0.3) is 0 Å². The van der Waals surface area contributed by atoms with Gasteiger partial charge in [0.05, 0.1) is 5.92 Å². The molecule has 0 spiro atoms. The van der Waals surface area contributed by atoms with E-state index in [1.807, 2.05) is 14.0 Å². The Morgan fingerprint density at radius 1 is 1.22 bits per heavy atom. The molecule has 2 aromatic rings. The molecular formula is C21H31N5O. The number of aryl methyl sites for hydroxylation is 1. The van der Waals surface area contributed by atoms with Gasteiger partial charge in [-0.25, -0.2) is 4.68 Å². The Hall–Kier alpha value is -2.21. The molecule has 2 heterocycles. The molecule has 1 aliphatic rings. The van der Waals surface area contributed by atoms with Crippen LogP contribution < -0.4 is 10.6 Å². The van der Waals surface area contributed by atoms with Gasteiger partial charge in [-0.15, -0.1) is 0 Å². The summed E-state index contributed by atoms with van der Waals surface area (Å²) in [5.41, 5.74) is 2.32. The van der Waals surface area contributed by atoms with Crippen LogP contribution in [-0.4, -0.2) is 33.8 Å². The lowest BCUT2D eigenvalue weighted by Crippen LogP contribution is -2.27. The maximum atomic E-state index is 12.7. The van der Waals surface area contributed by atoms with Crippen molar-refractivity contribution >= 4 is 11.9 Å². The van der Waals surface area contributed by atoms with Gasteiger partial charge in [0.2, 0.25) is 11.9 Å². The highest BCUT2D eigenvalue weighted by Crippen LogP contribution is 2.24. The highest BCUT2D eigenvalue weighted by Gasteiger charge is 2.23. The van der Waals surface area contributed by atoms with E-state index in [0.717, 1.165) is 43.7 Å². The van der Waals surface area contributed by atoms with Crippen molar-refractivity contribution in [3.05, 3.63) is 41.2 Å². The minimum absolute atomic E-state index is 0.0565. The first-order valence-corrected chi connectivity index (χ1v) is 9.95. The predicted octanol–water partition coefficient (Wildman–Crippen LogP) is 3.22. The van der Waals surface area contributed by atoms with E-state index in [1.54, 1.807) is 4.68 Å². The van der Waals surface area contributed by atoms with Crippen LogP contribution in [0.4, 0.5) is 5.95 Å². The average Bonchev–Trinajstić information content (AvgIpc) is 3.02. The van der Waals surface area contributed by atoms with Crippen molar-refractivity contribution in [2.75, 3.05) is 18.4 Å². The van der Waals surface area contributed by atoms with Crippen molar-refractivity contribution < 1.29 is 4.79 Å². The number of anilines is 1. The third-order valence-corrected chi connectivity index (χ3v) is 5.24. The summed E-state index contributed by atoms with van der Waals surface area (Å²) >= 11 is 0. The third-order valence-electron chi connectivity index (χ3n) is 5.24. The van der Waals surface area contributed by atoms with Crippen LogP contribution in [0, 0.1) is 5.92 Å². The van der Waals surface area contributed by atoms with E-state index in [2.05, 4.69) is 58.8 Å². The Labute approximate surface area is 161 Å². The molecule has 3 rings (SSSR count). The molecular weight excluding hydrogens is 338 g/mol. The van der Waals surface area contributed by atoms with Crippen molar-refractivity contribution in [3.8, 4) is 0 Å². The van der Waals surface area contributed by atoms with Gasteiger partial charge in [-0.2, -0.15) is 10.1 Å². The van der Waals surface area contributed by atoms with Crippen LogP contribution in [0.15, 0.2) is 24.3 Å². The first-order chi connectivity index (χ1) is 12.9. The largest absolute Gasteiger partial charge is 0.317 e. The van der Waals surface area contributed by atoms with E-state index in [4.69, 9.17) is 0 Å². The molecule has 0 radical (unpaired) electrons. The molecule has 27 heavy (non-hydrogen) atoms. The molecule has 0 aliphatic carbocycles. The van der Waals surface area contributed by atoms with Crippen LogP contribution in [0.3, 0.4) is 0 Å². The topological polar surface area (TPSA) is 71.8 Å². The van der Waals surface area contributed by atoms with E-state index in [9.17, 15) is 4.79 Å². The molecule has 2 N–H and O–H groups in total. The number of carbonyl (C=O) groups is 1. The lowest BCUT2D eigenvalue weighted by molar-refractivity contribution is -0.117. The molecule has 1 fully saturated rings. The highest BCUT2D eigenvalue weighted by molar-refractivity contribution is 5.94. The summed E-state index contributed by atoms with van der Waals surface area (Å²) in [4.78, 5) is 17.3. The van der Waals surface area contributed by atoms with Crippen LogP contribution >= 0.6 is 0 Å². The molecule has 1 unspecified atom stereocenters. The molecule has 1 aliphatic heterocycles. The molecule has 1 saturated heterocycles. The van der Waals surface area contributed by atoms with Crippen LogP contribution in [0.5, 0.6) is 0 Å². The molecule has 0 saturated carbocycles. The molecule has 1 aromatic heterocycles. The summed E-state index contributed by atoms with van der Waals surface area (Å²) in [5, 5.41) is 10.8. The van der Waals surface area contributed by atoms with Gasteiger partial charge in [-0.05, 0) is 56.3 Å². The van der Waals surface area contributed by atoms with Crippen LogP contribution in [0.25, 0.3) is 0 Å². The highest BCUT2D eigenvalue weighted by atomic mass is 16.2. The smallest absolute Gasteiger partial charge is 0.233 e. The van der Waals surface area contributed by atoms with E-state index in [0.29, 0.717) is 17.8 Å². The lowest BCUT2D eigenvalue weighted by Gasteiger charge is -2.19. The monoisotopic (exact) mass is 369 g/mol. The van der Waals surface area contributed by atoms with Gasteiger partial charge in [0.15, 0.2) is 5.82 Å². The Balaban J connectivity index is 1.65. The lowest BCUT2D eigenvalue weighted by atomic mass is 9.96. The van der Waals surface area contributed by atoms with Crippen LogP contribution in [0.1, 0.15) is 62.4 Å². The van der Waals surface area contributed by atoms with Crippen molar-refractivity contribution in [1.82, 2.24) is 20.1 Å². The fourth-order valence-electron chi connectivity index (χ4n) is 3.55. The van der Waals surface area contributed by atoms with E-state index in [1.165, 1.54) is 5.56 Å². The van der Waals surface area contributed by atoms with Gasteiger partial charge in [0.1, 0.15) is 0 Å². The second kappa shape index (κ2) is 8.65. The molecule has 6 nitrogen and oxygen atoms in total. The van der Waals surface area contributed by atoms with Crippen LogP contribution in [0.2, 0.25) is 0 Å². The summed E-state index contributed by atoms with van der Waals surface area (Å²) in [6, 6.07) is 8.35. The SMILES string of the molecule is CC(C)Cc1ccc(C(C)C(=O)Nc2nc(C3CCNCC3)nn2C)cc1. The maximum absolute atomic E-state index is 12.7. The second-order valence-electron chi connectivity index (χ2n) is 7.99. The zero-order chi connectivity index (χ0) is 19.4. The summed E-state index contributed by atoms with van der Waals surface area (Å²) in [6.45, 7) is 8.34. The fraction of sp³-hybridized carbons (Fsp3) is 0.571. The predicted molar refractivity (Wildman–Crippen MR) is 108 cm³/mol. The fourth-order valence-corrected chi connectivity index (χ4v) is 3.55. The quantitative estimate of drug-likeness (QED) is 0.820. The molecule has 146 valence electrons. The molecule has 1 aromatic carbocycles. The number of benzene rings is 1. The third kappa shape index (κ3) is 4.95. The minimum Gasteiger partial charge on any atom is -0.317 e. The van der Waals surface area contributed by atoms with Gasteiger partial charge in [-0.1, -0.05) is 38.1 Å². The standard InChI is InChI=1S/C21H31N5O/c1-14(2)13-16-5-7-17(8-6-16)15(3)20(27)24-21-23-19(25-26(21)4)18-9-11-22-12-10-18/h5-8,14-15,18,22H,9-13H2,1-4H3,(H,23,24,25,27). The Kier molecular flexibility index (Phi) is 6.26. The van der Waals surface area contributed by atoms with Crippen molar-refractivity contribution in [3.63, 3.8) is 0 Å². The van der Waals surface area contributed by atoms with Gasteiger partial charge in [0, 0.05) is 13.0 Å². The number of carbonyl (C=O) groups excluding carboxylic acids is 1. The number of rotatable bonds is 6. The molecule has 1 amide bonds. The number of nitrogens with one attached hydrogen (secondary N) is 2. The van der Waals surface area contributed by atoms with E-state index in [-0.39, 0.29) is 11.8 Å². The number of piperidine rings is 1. The first kappa shape index (κ1) is 19.5. The Morgan fingerprint density at radius 2 is 1.89 bits per heavy atom. The minimum atomic E-state index is -0.239. The zero-order valence-electron chi connectivity index (χ0n) is 16.8. The Bertz CT molecular complexity index is 759. The molecule has 6 heteroatoms. The Morgan fingerprint density at radius 3 is 2.52 bits per heavy atom. The number of hydrogen-bond acceptors (Lipinski definition) is 4. The average molecular weight is 370 g/mol. The first-order valence-electron chi connectivity index (χ1n) is 9.95. The number of nitrogens with zero attached hydrogens (tertiary/aromatic N) is 3. The molecule has 1 atom stereocenters. The van der Waals surface area contributed by atoms with Crippen molar-refractivity contribution in [2.45, 2.75) is 51.9 Å². The van der Waals surface area contributed by atoms with Crippen molar-refractivity contribution in [2.24, 2.45) is 13.0 Å². The van der Waals surface area contributed by atoms with E-state index >= 15 is 0 Å². The van der Waals surface area contributed by atoms with Gasteiger partial charge >= 0.3 is 0 Å². The maximum Gasteiger partial charge on any atom is 0.233 e. The molecule has 0 bridgehead atoms. The van der Waals surface area contributed by atoms with Gasteiger partial charge < -0.3 is 5.32 Å². The van der Waals surface area contributed by atoms with Crippen LogP contribution in [-0.2, 0) is 18.3 Å². The second-order valence-corrected chi connectivity index (χ2v) is 7.99. The summed E-state index contributed by atoms with van der Waals surface area (Å²) < 4.78 is 1.67. The van der Waals surface area contributed by atoms with E-state index < -0.39 is 0 Å². The van der Waals surface area contributed by atoms with Crippen molar-refractivity contribution in [1.29, 1.82) is 0 Å². The number of aromatic nitrogens is 3. The number of amides is 1.